The van der Waals surface area contributed by atoms with Crippen LogP contribution in [0.5, 0.6) is 11.5 Å². The topological polar surface area (TPSA) is 30.5 Å². The molecule has 0 aliphatic rings. The Labute approximate surface area is 116 Å². The third-order valence-corrected chi connectivity index (χ3v) is 2.53. The third-order valence-electron chi connectivity index (χ3n) is 2.53. The summed E-state index contributed by atoms with van der Waals surface area (Å²) < 4.78 is 34.4. The van der Waals surface area contributed by atoms with Crippen molar-refractivity contribution in [1.82, 2.24) is 0 Å². The monoisotopic (exact) mass is 279 g/mol. The van der Waals surface area contributed by atoms with Crippen molar-refractivity contribution in [3.8, 4) is 11.5 Å². The summed E-state index contributed by atoms with van der Waals surface area (Å²) in [6, 6.07) is 15.9. The molecule has 1 N–H and O–H groups in total. The molecule has 3 nitrogen and oxygen atoms in total. The number of hydrogen-bond acceptors (Lipinski definition) is 3. The van der Waals surface area contributed by atoms with Crippen LogP contribution in [-0.2, 0) is 0 Å². The fourth-order valence-electron chi connectivity index (χ4n) is 1.68. The molecule has 0 heterocycles. The number of nitrogens with one attached hydrogen (secondary N) is 1. The molecule has 2 aromatic carbocycles. The summed E-state index contributed by atoms with van der Waals surface area (Å²) in [6.45, 7) is -1.93. The minimum absolute atomic E-state index is 0.127. The molecule has 0 saturated heterocycles. The number of benzene rings is 2. The number of alkyl halides is 2. The van der Waals surface area contributed by atoms with Crippen LogP contribution in [0.25, 0.3) is 0 Å². The van der Waals surface area contributed by atoms with Gasteiger partial charge in [0, 0.05) is 6.54 Å². The summed E-state index contributed by atoms with van der Waals surface area (Å²) in [4.78, 5) is 0. The van der Waals surface area contributed by atoms with Crippen molar-refractivity contribution in [2.24, 2.45) is 0 Å². The van der Waals surface area contributed by atoms with E-state index in [1.54, 1.807) is 18.2 Å². The van der Waals surface area contributed by atoms with Gasteiger partial charge < -0.3 is 14.8 Å². The Morgan fingerprint density at radius 2 is 1.65 bits per heavy atom. The van der Waals surface area contributed by atoms with Crippen LogP contribution in [0.2, 0.25) is 0 Å². The van der Waals surface area contributed by atoms with E-state index in [9.17, 15) is 8.78 Å². The molecule has 0 aliphatic carbocycles. The van der Waals surface area contributed by atoms with Crippen molar-refractivity contribution >= 4 is 5.69 Å². The van der Waals surface area contributed by atoms with Gasteiger partial charge in [0.05, 0.1) is 5.69 Å². The van der Waals surface area contributed by atoms with Crippen molar-refractivity contribution in [1.29, 1.82) is 0 Å². The first-order valence-corrected chi connectivity index (χ1v) is 6.21. The third kappa shape index (κ3) is 4.42. The molecule has 106 valence electrons. The van der Waals surface area contributed by atoms with Crippen molar-refractivity contribution in [3.05, 3.63) is 54.6 Å². The van der Waals surface area contributed by atoms with Gasteiger partial charge in [-0.2, -0.15) is 8.78 Å². The van der Waals surface area contributed by atoms with Gasteiger partial charge in [-0.05, 0) is 24.3 Å². The highest BCUT2D eigenvalue weighted by Crippen LogP contribution is 2.25. The van der Waals surface area contributed by atoms with Crippen molar-refractivity contribution in [2.45, 2.75) is 6.61 Å². The zero-order valence-electron chi connectivity index (χ0n) is 10.8. The summed E-state index contributed by atoms with van der Waals surface area (Å²) >= 11 is 0. The minimum Gasteiger partial charge on any atom is -0.492 e. The summed E-state index contributed by atoms with van der Waals surface area (Å²) in [5, 5.41) is 3.01. The summed E-state index contributed by atoms with van der Waals surface area (Å²) in [5.74, 6) is 0.897. The SMILES string of the molecule is FC(F)Oc1ccccc1NCCOc1ccccc1. The summed E-state index contributed by atoms with van der Waals surface area (Å²) in [7, 11) is 0. The summed E-state index contributed by atoms with van der Waals surface area (Å²) in [5.41, 5.74) is 0.518. The van der Waals surface area contributed by atoms with Crippen molar-refractivity contribution in [2.75, 3.05) is 18.5 Å². The molecule has 0 amide bonds. The molecular weight excluding hydrogens is 264 g/mol. The fraction of sp³-hybridized carbons (Fsp3) is 0.200. The second kappa shape index (κ2) is 7.33. The van der Waals surface area contributed by atoms with Crippen molar-refractivity contribution < 1.29 is 18.3 Å². The molecule has 0 saturated carbocycles. The van der Waals surface area contributed by atoms with Gasteiger partial charge >= 0.3 is 6.61 Å². The van der Waals surface area contributed by atoms with Gasteiger partial charge in [0.1, 0.15) is 18.1 Å². The molecule has 2 rings (SSSR count). The maximum absolute atomic E-state index is 12.2. The molecule has 0 radical (unpaired) electrons. The Morgan fingerprint density at radius 1 is 0.950 bits per heavy atom. The van der Waals surface area contributed by atoms with Crippen LogP contribution in [0.3, 0.4) is 0 Å². The van der Waals surface area contributed by atoms with E-state index in [1.165, 1.54) is 6.07 Å². The first kappa shape index (κ1) is 14.1. The molecule has 2 aromatic rings. The quantitative estimate of drug-likeness (QED) is 0.782. The summed E-state index contributed by atoms with van der Waals surface area (Å²) in [6.07, 6.45) is 0. The molecule has 20 heavy (non-hydrogen) atoms. The molecule has 0 bridgehead atoms. The Hall–Kier alpha value is -2.30. The van der Waals surface area contributed by atoms with Gasteiger partial charge in [-0.15, -0.1) is 0 Å². The largest absolute Gasteiger partial charge is 0.492 e. The van der Waals surface area contributed by atoms with E-state index in [0.29, 0.717) is 18.8 Å². The van der Waals surface area contributed by atoms with Crippen LogP contribution in [0.15, 0.2) is 54.6 Å². The number of hydrogen-bond donors (Lipinski definition) is 1. The van der Waals surface area contributed by atoms with Gasteiger partial charge in [0.15, 0.2) is 0 Å². The van der Waals surface area contributed by atoms with Crippen LogP contribution >= 0.6 is 0 Å². The lowest BCUT2D eigenvalue weighted by Gasteiger charge is -2.12. The van der Waals surface area contributed by atoms with E-state index in [-0.39, 0.29) is 5.75 Å². The number of para-hydroxylation sites is 3. The molecule has 0 atom stereocenters. The molecular formula is C15H15F2NO2. The zero-order chi connectivity index (χ0) is 14.2. The van der Waals surface area contributed by atoms with Crippen LogP contribution in [-0.4, -0.2) is 19.8 Å². The predicted octanol–water partition coefficient (Wildman–Crippen LogP) is 3.78. The van der Waals surface area contributed by atoms with E-state index in [0.717, 1.165) is 5.75 Å². The highest BCUT2D eigenvalue weighted by atomic mass is 19.3. The number of halogens is 2. The standard InChI is InChI=1S/C15H15F2NO2/c16-15(17)20-14-9-5-4-8-13(14)18-10-11-19-12-6-2-1-3-7-12/h1-9,15,18H,10-11H2. The van der Waals surface area contributed by atoms with Gasteiger partial charge in [-0.25, -0.2) is 0 Å². The average Bonchev–Trinajstić information content (AvgIpc) is 2.46. The van der Waals surface area contributed by atoms with E-state index in [4.69, 9.17) is 4.74 Å². The zero-order valence-corrected chi connectivity index (χ0v) is 10.8. The second-order valence-electron chi connectivity index (χ2n) is 3.96. The van der Waals surface area contributed by atoms with Gasteiger partial charge in [0.2, 0.25) is 0 Å². The van der Waals surface area contributed by atoms with Crippen LogP contribution < -0.4 is 14.8 Å². The Kier molecular flexibility index (Phi) is 5.17. The first-order chi connectivity index (χ1) is 9.75. The number of ether oxygens (including phenoxy) is 2. The molecule has 0 aliphatic heterocycles. The lowest BCUT2D eigenvalue weighted by atomic mass is 10.3. The lowest BCUT2D eigenvalue weighted by Crippen LogP contribution is -2.13. The molecule has 0 spiro atoms. The Balaban J connectivity index is 1.82. The smallest absolute Gasteiger partial charge is 0.387 e. The van der Waals surface area contributed by atoms with E-state index in [2.05, 4.69) is 10.1 Å². The Bertz CT molecular complexity index is 520. The number of anilines is 1. The Morgan fingerprint density at radius 3 is 2.40 bits per heavy atom. The van der Waals surface area contributed by atoms with Gasteiger partial charge in [0.25, 0.3) is 0 Å². The molecule has 0 aromatic heterocycles. The van der Waals surface area contributed by atoms with E-state index >= 15 is 0 Å². The van der Waals surface area contributed by atoms with Crippen LogP contribution in [0.4, 0.5) is 14.5 Å². The second-order valence-corrected chi connectivity index (χ2v) is 3.96. The minimum atomic E-state index is -2.83. The van der Waals surface area contributed by atoms with E-state index in [1.807, 2.05) is 30.3 Å². The fourth-order valence-corrected chi connectivity index (χ4v) is 1.68. The molecule has 0 fully saturated rings. The van der Waals surface area contributed by atoms with Crippen molar-refractivity contribution in [3.63, 3.8) is 0 Å². The van der Waals surface area contributed by atoms with Crippen LogP contribution in [0, 0.1) is 0 Å². The molecule has 5 heteroatoms. The highest BCUT2D eigenvalue weighted by molar-refractivity contribution is 5.56. The normalized spacial score (nSPS) is 10.3. The lowest BCUT2D eigenvalue weighted by molar-refractivity contribution is -0.0493. The highest BCUT2D eigenvalue weighted by Gasteiger charge is 2.08. The number of rotatable bonds is 7. The van der Waals surface area contributed by atoms with E-state index < -0.39 is 6.61 Å². The molecule has 0 unspecified atom stereocenters. The predicted molar refractivity (Wildman–Crippen MR) is 73.5 cm³/mol. The van der Waals surface area contributed by atoms with Crippen LogP contribution in [0.1, 0.15) is 0 Å². The first-order valence-electron chi connectivity index (χ1n) is 6.21. The maximum atomic E-state index is 12.2. The van der Waals surface area contributed by atoms with Gasteiger partial charge in [-0.3, -0.25) is 0 Å². The van der Waals surface area contributed by atoms with Gasteiger partial charge in [-0.1, -0.05) is 30.3 Å². The average molecular weight is 279 g/mol. The maximum Gasteiger partial charge on any atom is 0.387 e.